The summed E-state index contributed by atoms with van der Waals surface area (Å²) in [7, 11) is -3.19. The van der Waals surface area contributed by atoms with Gasteiger partial charge in [0.25, 0.3) is 0 Å². The molecule has 3 aliphatic rings. The van der Waals surface area contributed by atoms with Crippen LogP contribution in [-0.2, 0) is 34.1 Å². The third kappa shape index (κ3) is 5.73. The van der Waals surface area contributed by atoms with Crippen molar-refractivity contribution in [2.75, 3.05) is 62.0 Å². The molecule has 3 aliphatic heterocycles. The lowest BCUT2D eigenvalue weighted by atomic mass is 9.97. The quantitative estimate of drug-likeness (QED) is 0.532. The van der Waals surface area contributed by atoms with Gasteiger partial charge < -0.3 is 14.5 Å². The van der Waals surface area contributed by atoms with Crippen LogP contribution in [0.4, 0.5) is 11.9 Å². The lowest BCUT2D eigenvalue weighted by molar-refractivity contribution is 0.0564. The number of hydrogen-bond donors (Lipinski definition) is 0. The predicted octanol–water partition coefficient (Wildman–Crippen LogP) is 1.52. The molecule has 5 heterocycles. The first-order chi connectivity index (χ1) is 16.9. The Bertz CT molecular complexity index is 1110. The van der Waals surface area contributed by atoms with E-state index in [0.717, 1.165) is 81.8 Å². The zero-order chi connectivity index (χ0) is 24.4. The van der Waals surface area contributed by atoms with Gasteiger partial charge in [0.1, 0.15) is 0 Å². The summed E-state index contributed by atoms with van der Waals surface area (Å²) < 4.78 is 31.2. The first-order valence-electron chi connectivity index (χ1n) is 12.6. The number of aryl methyl sites for hydroxylation is 1. The van der Waals surface area contributed by atoms with Gasteiger partial charge in [-0.1, -0.05) is 6.92 Å². The molecule has 2 aromatic rings. The average molecular weight is 502 g/mol. The molecule has 2 aromatic heterocycles. The summed E-state index contributed by atoms with van der Waals surface area (Å²) in [6, 6.07) is 0. The van der Waals surface area contributed by atoms with Crippen LogP contribution in [0.3, 0.4) is 0 Å². The Morgan fingerprint density at radius 1 is 0.943 bits per heavy atom. The molecule has 190 valence electrons. The second-order valence-electron chi connectivity index (χ2n) is 9.97. The third-order valence-corrected chi connectivity index (χ3v) is 8.55. The fourth-order valence-corrected chi connectivity index (χ4v) is 5.75. The summed E-state index contributed by atoms with van der Waals surface area (Å²) in [5.41, 5.74) is 3.04. The summed E-state index contributed by atoms with van der Waals surface area (Å²) in [5.74, 6) is 2.68. The fraction of sp³-hybridized carbons (Fsp3) is 0.667. The lowest BCUT2D eigenvalue weighted by Crippen LogP contribution is -2.50. The van der Waals surface area contributed by atoms with E-state index in [4.69, 9.17) is 9.72 Å². The van der Waals surface area contributed by atoms with Crippen molar-refractivity contribution >= 4 is 21.9 Å². The van der Waals surface area contributed by atoms with Gasteiger partial charge in [0, 0.05) is 82.4 Å². The zero-order valence-electron chi connectivity index (χ0n) is 20.6. The Morgan fingerprint density at radius 2 is 1.63 bits per heavy atom. The standard InChI is InChI=1S/C24H35N7O3S/c1-3-18-10-25-23(26-11-18)29-7-4-19(5-8-29)16-34-17-20-13-30(14-20)24-27-12-21-15-31(35(2,32)33)9-6-22(21)28-24/h10-12,19-20H,3-9,13-17H2,1-2H3. The van der Waals surface area contributed by atoms with Gasteiger partial charge in [-0.05, 0) is 30.7 Å². The molecule has 0 aromatic carbocycles. The second kappa shape index (κ2) is 10.3. The number of anilines is 2. The van der Waals surface area contributed by atoms with Gasteiger partial charge >= 0.3 is 0 Å². The molecule has 0 atom stereocenters. The van der Waals surface area contributed by atoms with Crippen LogP contribution in [-0.4, -0.2) is 84.9 Å². The molecule has 0 saturated carbocycles. The monoisotopic (exact) mass is 501 g/mol. The predicted molar refractivity (Wildman–Crippen MR) is 134 cm³/mol. The van der Waals surface area contributed by atoms with E-state index in [2.05, 4.69) is 31.7 Å². The van der Waals surface area contributed by atoms with Gasteiger partial charge in [-0.3, -0.25) is 0 Å². The van der Waals surface area contributed by atoms with Crippen LogP contribution < -0.4 is 9.80 Å². The smallest absolute Gasteiger partial charge is 0.225 e. The normalized spacial score (nSPS) is 20.1. The van der Waals surface area contributed by atoms with E-state index in [1.165, 1.54) is 16.1 Å². The van der Waals surface area contributed by atoms with E-state index in [1.54, 1.807) is 6.20 Å². The topological polar surface area (TPSA) is 105 Å². The molecule has 0 bridgehead atoms. The van der Waals surface area contributed by atoms with E-state index in [0.29, 0.717) is 31.3 Å². The molecule has 10 nitrogen and oxygen atoms in total. The number of aromatic nitrogens is 4. The maximum Gasteiger partial charge on any atom is 0.225 e. The Hall–Kier alpha value is -2.37. The lowest BCUT2D eigenvalue weighted by Gasteiger charge is -2.40. The van der Waals surface area contributed by atoms with Crippen molar-refractivity contribution < 1.29 is 13.2 Å². The van der Waals surface area contributed by atoms with E-state index in [-0.39, 0.29) is 0 Å². The highest BCUT2D eigenvalue weighted by Gasteiger charge is 2.31. The van der Waals surface area contributed by atoms with Crippen molar-refractivity contribution in [1.82, 2.24) is 24.2 Å². The molecule has 0 radical (unpaired) electrons. The van der Waals surface area contributed by atoms with Crippen molar-refractivity contribution in [2.24, 2.45) is 11.8 Å². The van der Waals surface area contributed by atoms with Crippen molar-refractivity contribution in [3.8, 4) is 0 Å². The van der Waals surface area contributed by atoms with E-state index in [9.17, 15) is 8.42 Å². The molecular weight excluding hydrogens is 466 g/mol. The van der Waals surface area contributed by atoms with Gasteiger partial charge in [-0.25, -0.2) is 28.4 Å². The molecule has 0 N–H and O–H groups in total. The largest absolute Gasteiger partial charge is 0.381 e. The van der Waals surface area contributed by atoms with Crippen LogP contribution in [0, 0.1) is 11.8 Å². The second-order valence-corrected chi connectivity index (χ2v) is 12.0. The average Bonchev–Trinajstić information content (AvgIpc) is 2.84. The Labute approximate surface area is 207 Å². The van der Waals surface area contributed by atoms with Crippen molar-refractivity contribution in [1.29, 1.82) is 0 Å². The van der Waals surface area contributed by atoms with E-state index >= 15 is 0 Å². The van der Waals surface area contributed by atoms with Crippen LogP contribution in [0.5, 0.6) is 0 Å². The summed E-state index contributed by atoms with van der Waals surface area (Å²) >= 11 is 0. The van der Waals surface area contributed by atoms with Gasteiger partial charge in [-0.2, -0.15) is 4.31 Å². The molecule has 11 heteroatoms. The SMILES string of the molecule is CCc1cnc(N2CCC(COCC3CN(c4ncc5c(n4)CCN(S(C)(=O)=O)C5)C3)CC2)nc1. The maximum absolute atomic E-state index is 11.8. The van der Waals surface area contributed by atoms with E-state index in [1.807, 2.05) is 12.4 Å². The van der Waals surface area contributed by atoms with Crippen LogP contribution in [0.15, 0.2) is 18.6 Å². The number of ether oxygens (including phenoxy) is 1. The minimum Gasteiger partial charge on any atom is -0.381 e. The van der Waals surface area contributed by atoms with Crippen molar-refractivity contribution in [3.05, 3.63) is 35.4 Å². The molecule has 35 heavy (non-hydrogen) atoms. The number of fused-ring (bicyclic) bond motifs is 1. The van der Waals surface area contributed by atoms with Crippen molar-refractivity contribution in [2.45, 2.75) is 39.2 Å². The first kappa shape index (κ1) is 24.3. The van der Waals surface area contributed by atoms with Gasteiger partial charge in [0.15, 0.2) is 0 Å². The minimum absolute atomic E-state index is 0.363. The summed E-state index contributed by atoms with van der Waals surface area (Å²) in [4.78, 5) is 22.7. The maximum atomic E-state index is 11.8. The van der Waals surface area contributed by atoms with Crippen LogP contribution in [0.2, 0.25) is 0 Å². The van der Waals surface area contributed by atoms with Crippen LogP contribution in [0.1, 0.15) is 36.6 Å². The molecule has 2 saturated heterocycles. The molecule has 0 amide bonds. The molecule has 0 aliphatic carbocycles. The van der Waals surface area contributed by atoms with Crippen LogP contribution in [0.25, 0.3) is 0 Å². The van der Waals surface area contributed by atoms with Crippen molar-refractivity contribution in [3.63, 3.8) is 0 Å². The molecule has 2 fully saturated rings. The Morgan fingerprint density at radius 3 is 2.31 bits per heavy atom. The summed E-state index contributed by atoms with van der Waals surface area (Å²) in [6.45, 7) is 8.30. The number of sulfonamides is 1. The Kier molecular flexibility index (Phi) is 7.17. The summed E-state index contributed by atoms with van der Waals surface area (Å²) in [6.07, 6.45) is 10.7. The molecular formula is C24H35N7O3S. The van der Waals surface area contributed by atoms with Gasteiger partial charge in [0.2, 0.25) is 21.9 Å². The summed E-state index contributed by atoms with van der Waals surface area (Å²) in [5, 5.41) is 0. The number of piperidine rings is 1. The third-order valence-electron chi connectivity index (χ3n) is 7.30. The zero-order valence-corrected chi connectivity index (χ0v) is 21.5. The number of rotatable bonds is 8. The van der Waals surface area contributed by atoms with E-state index < -0.39 is 10.0 Å². The highest BCUT2D eigenvalue weighted by molar-refractivity contribution is 7.88. The fourth-order valence-electron chi connectivity index (χ4n) is 4.95. The molecule has 5 rings (SSSR count). The highest BCUT2D eigenvalue weighted by Crippen LogP contribution is 2.26. The minimum atomic E-state index is -3.19. The molecule has 0 spiro atoms. The number of nitrogens with zero attached hydrogens (tertiary/aromatic N) is 7. The van der Waals surface area contributed by atoms with Gasteiger partial charge in [-0.15, -0.1) is 0 Å². The van der Waals surface area contributed by atoms with Crippen LogP contribution >= 0.6 is 0 Å². The Balaban J connectivity index is 1.01. The first-order valence-corrected chi connectivity index (χ1v) is 14.4. The van der Waals surface area contributed by atoms with Gasteiger partial charge in [0.05, 0.1) is 18.6 Å². The highest BCUT2D eigenvalue weighted by atomic mass is 32.2. The molecule has 0 unspecified atom stereocenters. The number of hydrogen-bond acceptors (Lipinski definition) is 9.